The van der Waals surface area contributed by atoms with E-state index in [1.54, 1.807) is 12.4 Å². The zero-order valence-corrected chi connectivity index (χ0v) is 20.7. The van der Waals surface area contributed by atoms with E-state index in [1.165, 1.54) is 23.4 Å². The quantitative estimate of drug-likeness (QED) is 0.447. The summed E-state index contributed by atoms with van der Waals surface area (Å²) in [5.74, 6) is -2.21. The van der Waals surface area contributed by atoms with E-state index in [2.05, 4.69) is 25.9 Å². The molecule has 2 aliphatic heterocycles. The third-order valence-electron chi connectivity index (χ3n) is 6.82. The highest BCUT2D eigenvalue weighted by Crippen LogP contribution is 2.32. The predicted octanol–water partition coefficient (Wildman–Crippen LogP) is 3.10. The van der Waals surface area contributed by atoms with Crippen molar-refractivity contribution in [2.45, 2.75) is 44.8 Å². The van der Waals surface area contributed by atoms with Crippen molar-refractivity contribution >= 4 is 29.4 Å². The zero-order valence-electron chi connectivity index (χ0n) is 20.7. The first kappa shape index (κ1) is 25.0. The van der Waals surface area contributed by atoms with Gasteiger partial charge in [-0.15, -0.1) is 0 Å². The Kier molecular flexibility index (Phi) is 6.35. The van der Waals surface area contributed by atoms with Crippen LogP contribution in [0.1, 0.15) is 48.2 Å². The normalized spacial score (nSPS) is 17.2. The fraction of sp³-hybridized carbons (Fsp3) is 0.259. The fourth-order valence-electron chi connectivity index (χ4n) is 4.74. The molecule has 1 saturated heterocycles. The second-order valence-electron chi connectivity index (χ2n) is 9.76. The maximum absolute atomic E-state index is 15.4. The van der Waals surface area contributed by atoms with E-state index in [-0.39, 0.29) is 36.2 Å². The van der Waals surface area contributed by atoms with E-state index < -0.39 is 41.2 Å². The van der Waals surface area contributed by atoms with Crippen molar-refractivity contribution in [3.05, 3.63) is 77.6 Å². The number of urea groups is 1. The van der Waals surface area contributed by atoms with Crippen LogP contribution in [-0.2, 0) is 21.7 Å². The number of hydrogen-bond acceptors (Lipinski definition) is 6. The molecule has 0 spiro atoms. The van der Waals surface area contributed by atoms with Crippen molar-refractivity contribution in [2.75, 3.05) is 5.32 Å². The largest absolute Gasteiger partial charge is 0.329 e. The van der Waals surface area contributed by atoms with E-state index in [0.717, 1.165) is 16.7 Å². The van der Waals surface area contributed by atoms with Gasteiger partial charge < -0.3 is 15.5 Å². The lowest BCUT2D eigenvalue weighted by Crippen LogP contribution is -2.52. The Balaban J connectivity index is 1.27. The van der Waals surface area contributed by atoms with Gasteiger partial charge in [-0.2, -0.15) is 0 Å². The molecule has 1 atom stereocenters. The fourth-order valence-corrected chi connectivity index (χ4v) is 4.74. The Morgan fingerprint density at radius 3 is 2.45 bits per heavy atom. The Hall–Kier alpha value is -4.67. The molecule has 0 radical (unpaired) electrons. The molecule has 3 N–H and O–H groups in total. The number of nitrogens with one attached hydrogen (secondary N) is 3. The van der Waals surface area contributed by atoms with Crippen LogP contribution in [-0.4, -0.2) is 44.7 Å². The average Bonchev–Trinajstić information content (AvgIpc) is 3.23. The maximum atomic E-state index is 15.4. The topological polar surface area (TPSA) is 133 Å². The van der Waals surface area contributed by atoms with Crippen LogP contribution in [0.15, 0.2) is 55.1 Å². The van der Waals surface area contributed by atoms with Gasteiger partial charge in [0.2, 0.25) is 11.8 Å². The first-order valence-corrected chi connectivity index (χ1v) is 12.0. The van der Waals surface area contributed by atoms with Crippen LogP contribution in [0.2, 0.25) is 0 Å². The molecule has 0 bridgehead atoms. The van der Waals surface area contributed by atoms with Gasteiger partial charge in [0.1, 0.15) is 12.4 Å². The van der Waals surface area contributed by atoms with Gasteiger partial charge in [-0.3, -0.25) is 19.7 Å². The van der Waals surface area contributed by atoms with Crippen LogP contribution in [0, 0.1) is 5.82 Å². The van der Waals surface area contributed by atoms with E-state index in [9.17, 15) is 19.2 Å². The minimum Gasteiger partial charge on any atom is -0.329 e. The molecule has 1 unspecified atom stereocenters. The number of benzene rings is 2. The molecule has 3 heterocycles. The lowest BCUT2D eigenvalue weighted by molar-refractivity contribution is -0.136. The van der Waals surface area contributed by atoms with Crippen LogP contribution in [0.25, 0.3) is 11.1 Å². The summed E-state index contributed by atoms with van der Waals surface area (Å²) in [6.07, 6.45) is 5.16. The number of halogens is 1. The van der Waals surface area contributed by atoms with Gasteiger partial charge in [-0.1, -0.05) is 24.3 Å². The minimum atomic E-state index is -0.853. The minimum absolute atomic E-state index is 0.0885. The second kappa shape index (κ2) is 9.66. The highest BCUT2D eigenvalue weighted by atomic mass is 19.1. The third-order valence-corrected chi connectivity index (χ3v) is 6.82. The van der Waals surface area contributed by atoms with Crippen LogP contribution >= 0.6 is 0 Å². The van der Waals surface area contributed by atoms with Gasteiger partial charge in [-0.25, -0.2) is 19.2 Å². The monoisotopic (exact) mass is 516 g/mol. The molecule has 1 fully saturated rings. The summed E-state index contributed by atoms with van der Waals surface area (Å²) < 4.78 is 15.4. The molecule has 5 rings (SSSR count). The predicted molar refractivity (Wildman–Crippen MR) is 135 cm³/mol. The zero-order chi connectivity index (χ0) is 27.0. The lowest BCUT2D eigenvalue weighted by atomic mass is 9.93. The summed E-state index contributed by atoms with van der Waals surface area (Å²) in [7, 11) is 0. The van der Waals surface area contributed by atoms with Crippen molar-refractivity contribution in [1.29, 1.82) is 0 Å². The highest BCUT2D eigenvalue weighted by Gasteiger charge is 2.40. The summed E-state index contributed by atoms with van der Waals surface area (Å²) in [6, 6.07) is 8.85. The van der Waals surface area contributed by atoms with Crippen LogP contribution < -0.4 is 16.0 Å². The molecule has 194 valence electrons. The van der Waals surface area contributed by atoms with Gasteiger partial charge in [-0.05, 0) is 43.5 Å². The smallest absolute Gasteiger partial charge is 0.320 e. The SMILES string of the molecule is CC(C)(NC(=O)Nc1ccc2c(c1F)CN(C1CCC(=O)NC1=O)C2=O)c1ccc(-c2cncnc2)cc1. The van der Waals surface area contributed by atoms with E-state index in [0.29, 0.717) is 0 Å². The second-order valence-corrected chi connectivity index (χ2v) is 9.76. The Morgan fingerprint density at radius 2 is 1.76 bits per heavy atom. The molecule has 38 heavy (non-hydrogen) atoms. The van der Waals surface area contributed by atoms with Crippen molar-refractivity contribution in [2.24, 2.45) is 0 Å². The summed E-state index contributed by atoms with van der Waals surface area (Å²) in [4.78, 5) is 58.7. The highest BCUT2D eigenvalue weighted by molar-refractivity contribution is 6.05. The van der Waals surface area contributed by atoms with Gasteiger partial charge >= 0.3 is 6.03 Å². The van der Waals surface area contributed by atoms with Crippen LogP contribution in [0.3, 0.4) is 0 Å². The molecule has 11 heteroatoms. The number of piperidine rings is 1. The average molecular weight is 517 g/mol. The van der Waals surface area contributed by atoms with Crippen molar-refractivity contribution in [3.63, 3.8) is 0 Å². The molecule has 2 aromatic carbocycles. The number of rotatable bonds is 5. The van der Waals surface area contributed by atoms with Gasteiger partial charge in [0, 0.05) is 35.5 Å². The first-order chi connectivity index (χ1) is 18.1. The molecule has 2 aliphatic rings. The number of amides is 5. The number of aromatic nitrogens is 2. The summed E-state index contributed by atoms with van der Waals surface area (Å²) in [5, 5.41) is 7.60. The van der Waals surface area contributed by atoms with Crippen molar-refractivity contribution in [3.8, 4) is 11.1 Å². The number of nitrogens with zero attached hydrogens (tertiary/aromatic N) is 3. The first-order valence-electron chi connectivity index (χ1n) is 12.0. The number of carbonyl (C=O) groups excluding carboxylic acids is 4. The molecule has 0 aliphatic carbocycles. The van der Waals surface area contributed by atoms with E-state index in [1.807, 2.05) is 38.1 Å². The Labute approximate surface area is 217 Å². The third kappa shape index (κ3) is 4.70. The molecular weight excluding hydrogens is 491 g/mol. The Morgan fingerprint density at radius 1 is 1.05 bits per heavy atom. The number of hydrogen-bond donors (Lipinski definition) is 3. The van der Waals surface area contributed by atoms with E-state index in [4.69, 9.17) is 0 Å². The number of imide groups is 1. The van der Waals surface area contributed by atoms with Crippen molar-refractivity contribution in [1.82, 2.24) is 25.5 Å². The molecule has 1 aromatic heterocycles. The van der Waals surface area contributed by atoms with Gasteiger partial charge in [0.15, 0.2) is 5.82 Å². The van der Waals surface area contributed by atoms with Crippen LogP contribution in [0.4, 0.5) is 14.9 Å². The van der Waals surface area contributed by atoms with E-state index >= 15 is 4.39 Å². The number of carbonyl (C=O) groups is 4. The standard InChI is InChI=1S/C27H25FN6O4/c1-27(2,17-5-3-15(4-6-17)16-11-29-14-30-12-16)33-26(38)31-20-8-7-18-19(23(20)28)13-34(25(18)37)21-9-10-22(35)32-24(21)36/h3-8,11-12,14,21H,9-10,13H2,1-2H3,(H2,31,33,38)(H,32,35,36). The molecule has 5 amide bonds. The van der Waals surface area contributed by atoms with Gasteiger partial charge in [0.25, 0.3) is 5.91 Å². The molecule has 10 nitrogen and oxygen atoms in total. The summed E-state index contributed by atoms with van der Waals surface area (Å²) in [6.45, 7) is 3.51. The molecule has 0 saturated carbocycles. The Bertz CT molecular complexity index is 1440. The van der Waals surface area contributed by atoms with Crippen LogP contribution in [0.5, 0.6) is 0 Å². The summed E-state index contributed by atoms with van der Waals surface area (Å²) in [5.41, 5.74) is 1.96. The maximum Gasteiger partial charge on any atom is 0.320 e. The number of anilines is 1. The molecular formula is C27H25FN6O4. The lowest BCUT2D eigenvalue weighted by Gasteiger charge is -2.29. The van der Waals surface area contributed by atoms with Gasteiger partial charge in [0.05, 0.1) is 17.8 Å². The van der Waals surface area contributed by atoms with Crippen molar-refractivity contribution < 1.29 is 23.6 Å². The number of fused-ring (bicyclic) bond motifs is 1. The summed E-state index contributed by atoms with van der Waals surface area (Å²) >= 11 is 0. The molecule has 3 aromatic rings.